The van der Waals surface area contributed by atoms with Crippen molar-refractivity contribution in [3.63, 3.8) is 0 Å². The van der Waals surface area contributed by atoms with Gasteiger partial charge in [-0.1, -0.05) is 56.9 Å². The van der Waals surface area contributed by atoms with Gasteiger partial charge in [0.2, 0.25) is 0 Å². The Morgan fingerprint density at radius 3 is 2.56 bits per heavy atom. The van der Waals surface area contributed by atoms with Crippen molar-refractivity contribution in [1.82, 2.24) is 0 Å². The molecule has 0 fully saturated rings. The molecule has 0 spiro atoms. The first-order valence-corrected chi connectivity index (χ1v) is 6.12. The van der Waals surface area contributed by atoms with Gasteiger partial charge in [-0.3, -0.25) is 4.79 Å². The van der Waals surface area contributed by atoms with Gasteiger partial charge >= 0.3 is 5.97 Å². The minimum absolute atomic E-state index is 0.0612. The second-order valence-corrected chi connectivity index (χ2v) is 3.84. The van der Waals surface area contributed by atoms with Crippen LogP contribution >= 0.6 is 0 Å². The van der Waals surface area contributed by atoms with Crippen LogP contribution in [-0.4, -0.2) is 11.1 Å². The van der Waals surface area contributed by atoms with Crippen LogP contribution in [0.25, 0.3) is 0 Å². The average molecular weight is 222 g/mol. The number of carboxylic acid groups (broad SMARTS) is 1. The van der Waals surface area contributed by atoms with E-state index in [1.54, 1.807) is 12.2 Å². The van der Waals surface area contributed by atoms with Crippen molar-refractivity contribution in [2.45, 2.75) is 58.3 Å². The number of carbonyl (C=O) groups is 1. The van der Waals surface area contributed by atoms with E-state index in [1.807, 2.05) is 0 Å². The van der Waals surface area contributed by atoms with E-state index in [1.165, 1.54) is 32.1 Å². The summed E-state index contributed by atoms with van der Waals surface area (Å²) in [6.45, 7) is 2.22. The third-order valence-electron chi connectivity index (χ3n) is 2.25. The zero-order valence-corrected chi connectivity index (χ0v) is 10.2. The lowest BCUT2D eigenvalue weighted by Crippen LogP contribution is -1.89. The summed E-state index contributed by atoms with van der Waals surface area (Å²) in [5, 5.41) is 8.36. The number of aliphatic carboxylic acids is 1. The standard InChI is InChI=1S/C14H22O2/c1-2-3-4-5-6-7-8-9-10-11-12-13-14(15)16/h11-12H,2-8,13H2,1H3,(H,15,16)/b12-11-. The molecule has 0 amide bonds. The highest BCUT2D eigenvalue weighted by molar-refractivity contribution is 5.68. The molecule has 0 saturated carbocycles. The highest BCUT2D eigenvalue weighted by Crippen LogP contribution is 2.05. The summed E-state index contributed by atoms with van der Waals surface area (Å²) >= 11 is 0. The Morgan fingerprint density at radius 1 is 1.19 bits per heavy atom. The lowest BCUT2D eigenvalue weighted by Gasteiger charge is -1.96. The quantitative estimate of drug-likeness (QED) is 0.501. The van der Waals surface area contributed by atoms with Gasteiger partial charge in [-0.15, -0.1) is 0 Å². The minimum atomic E-state index is -0.811. The Bertz CT molecular complexity index is 256. The van der Waals surface area contributed by atoms with E-state index in [0.29, 0.717) is 0 Å². The predicted molar refractivity (Wildman–Crippen MR) is 67.2 cm³/mol. The van der Waals surface area contributed by atoms with E-state index >= 15 is 0 Å². The third-order valence-corrected chi connectivity index (χ3v) is 2.25. The molecule has 1 N–H and O–H groups in total. The molecule has 0 radical (unpaired) electrons. The molecule has 2 nitrogen and oxygen atoms in total. The van der Waals surface area contributed by atoms with Crippen LogP contribution in [-0.2, 0) is 4.79 Å². The number of hydrogen-bond acceptors (Lipinski definition) is 1. The predicted octanol–water partition coefficient (Wildman–Crippen LogP) is 3.77. The summed E-state index contributed by atoms with van der Waals surface area (Å²) < 4.78 is 0. The topological polar surface area (TPSA) is 37.3 Å². The first kappa shape index (κ1) is 14.8. The number of carboxylic acids is 1. The largest absolute Gasteiger partial charge is 0.481 e. The third kappa shape index (κ3) is 12.8. The van der Waals surface area contributed by atoms with Crippen LogP contribution in [0.2, 0.25) is 0 Å². The van der Waals surface area contributed by atoms with Gasteiger partial charge in [-0.25, -0.2) is 0 Å². The molecule has 0 bridgehead atoms. The first-order valence-electron chi connectivity index (χ1n) is 6.12. The second-order valence-electron chi connectivity index (χ2n) is 3.84. The van der Waals surface area contributed by atoms with Crippen molar-refractivity contribution in [3.05, 3.63) is 12.2 Å². The van der Waals surface area contributed by atoms with Gasteiger partial charge < -0.3 is 5.11 Å². The molecule has 0 unspecified atom stereocenters. The van der Waals surface area contributed by atoms with E-state index in [-0.39, 0.29) is 6.42 Å². The number of rotatable bonds is 8. The van der Waals surface area contributed by atoms with Gasteiger partial charge in [-0.2, -0.15) is 0 Å². The van der Waals surface area contributed by atoms with Crippen molar-refractivity contribution in [1.29, 1.82) is 0 Å². The van der Waals surface area contributed by atoms with Gasteiger partial charge in [0, 0.05) is 6.42 Å². The van der Waals surface area contributed by atoms with E-state index in [2.05, 4.69) is 18.8 Å². The first-order chi connectivity index (χ1) is 7.77. The molecule has 0 atom stereocenters. The van der Waals surface area contributed by atoms with Crippen molar-refractivity contribution in [3.8, 4) is 11.8 Å². The Labute approximate surface area is 98.7 Å². The van der Waals surface area contributed by atoms with Crippen LogP contribution in [0.5, 0.6) is 0 Å². The van der Waals surface area contributed by atoms with E-state index < -0.39 is 5.97 Å². The van der Waals surface area contributed by atoms with Crippen LogP contribution in [0.15, 0.2) is 12.2 Å². The zero-order chi connectivity index (χ0) is 12.1. The molecule has 0 aliphatic carbocycles. The maximum atomic E-state index is 10.2. The molecule has 0 aliphatic heterocycles. The van der Waals surface area contributed by atoms with Crippen LogP contribution in [0, 0.1) is 11.8 Å². The Kier molecular flexibility index (Phi) is 10.9. The lowest BCUT2D eigenvalue weighted by molar-refractivity contribution is -0.135. The number of allylic oxidation sites excluding steroid dienone is 1. The molecule has 16 heavy (non-hydrogen) atoms. The molecular weight excluding hydrogens is 200 g/mol. The van der Waals surface area contributed by atoms with E-state index in [0.717, 1.165) is 12.8 Å². The summed E-state index contributed by atoms with van der Waals surface area (Å²) in [4.78, 5) is 10.2. The summed E-state index contributed by atoms with van der Waals surface area (Å²) in [7, 11) is 0. The van der Waals surface area contributed by atoms with Gasteiger partial charge in [0.15, 0.2) is 0 Å². The molecule has 0 heterocycles. The van der Waals surface area contributed by atoms with Crippen molar-refractivity contribution < 1.29 is 9.90 Å². The zero-order valence-electron chi connectivity index (χ0n) is 10.2. The Hall–Kier alpha value is -1.23. The number of hydrogen-bond donors (Lipinski definition) is 1. The average Bonchev–Trinajstić information content (AvgIpc) is 2.25. The molecule has 2 heteroatoms. The van der Waals surface area contributed by atoms with Crippen molar-refractivity contribution >= 4 is 5.97 Å². The van der Waals surface area contributed by atoms with Crippen LogP contribution in [0.3, 0.4) is 0 Å². The fourth-order valence-corrected chi connectivity index (χ4v) is 1.34. The number of unbranched alkanes of at least 4 members (excludes halogenated alkanes) is 6. The Morgan fingerprint density at radius 2 is 1.88 bits per heavy atom. The highest BCUT2D eigenvalue weighted by Gasteiger charge is 1.88. The Balaban J connectivity index is 3.27. The van der Waals surface area contributed by atoms with Gasteiger partial charge in [-0.05, 0) is 12.5 Å². The summed E-state index contributed by atoms with van der Waals surface area (Å²) in [5.41, 5.74) is 0. The van der Waals surface area contributed by atoms with Crippen molar-refractivity contribution in [2.75, 3.05) is 0 Å². The summed E-state index contributed by atoms with van der Waals surface area (Å²) in [6.07, 6.45) is 11.9. The van der Waals surface area contributed by atoms with E-state index in [9.17, 15) is 4.79 Å². The molecule has 0 aliphatic rings. The molecule has 0 aromatic carbocycles. The lowest BCUT2D eigenvalue weighted by atomic mass is 10.1. The molecular formula is C14H22O2. The summed E-state index contributed by atoms with van der Waals surface area (Å²) in [6, 6.07) is 0. The van der Waals surface area contributed by atoms with Crippen LogP contribution < -0.4 is 0 Å². The molecule has 0 rings (SSSR count). The normalized spacial score (nSPS) is 10.1. The maximum absolute atomic E-state index is 10.2. The fraction of sp³-hybridized carbons (Fsp3) is 0.643. The van der Waals surface area contributed by atoms with Crippen molar-refractivity contribution in [2.24, 2.45) is 0 Å². The van der Waals surface area contributed by atoms with Gasteiger partial charge in [0.05, 0.1) is 6.42 Å². The molecule has 90 valence electrons. The van der Waals surface area contributed by atoms with Gasteiger partial charge in [0.1, 0.15) is 0 Å². The fourth-order valence-electron chi connectivity index (χ4n) is 1.34. The SMILES string of the molecule is CCCCCCCCC#C/C=C\CC(=O)O. The highest BCUT2D eigenvalue weighted by atomic mass is 16.4. The van der Waals surface area contributed by atoms with Crippen LogP contribution in [0.1, 0.15) is 58.3 Å². The van der Waals surface area contributed by atoms with E-state index in [4.69, 9.17) is 5.11 Å². The monoisotopic (exact) mass is 222 g/mol. The smallest absolute Gasteiger partial charge is 0.307 e. The maximum Gasteiger partial charge on any atom is 0.307 e. The molecule has 0 aromatic heterocycles. The second kappa shape index (κ2) is 11.8. The summed E-state index contributed by atoms with van der Waals surface area (Å²) in [5.74, 6) is 5.06. The van der Waals surface area contributed by atoms with Crippen LogP contribution in [0.4, 0.5) is 0 Å². The molecule has 0 saturated heterocycles. The van der Waals surface area contributed by atoms with Gasteiger partial charge in [0.25, 0.3) is 0 Å². The molecule has 0 aromatic rings. The minimum Gasteiger partial charge on any atom is -0.481 e.